The second kappa shape index (κ2) is 7.46. The van der Waals surface area contributed by atoms with Crippen molar-refractivity contribution in [1.82, 2.24) is 9.78 Å². The summed E-state index contributed by atoms with van der Waals surface area (Å²) >= 11 is 6.21. The molecule has 0 fully saturated rings. The van der Waals surface area contributed by atoms with Crippen molar-refractivity contribution >= 4 is 11.6 Å². The number of hydrogen-bond donors (Lipinski definition) is 1. The molecule has 4 heteroatoms. The first-order valence-corrected chi connectivity index (χ1v) is 7.61. The van der Waals surface area contributed by atoms with E-state index in [4.69, 9.17) is 17.3 Å². The maximum atomic E-state index is 6.29. The Morgan fingerprint density at radius 3 is 2.75 bits per heavy atom. The quantitative estimate of drug-likeness (QED) is 0.839. The summed E-state index contributed by atoms with van der Waals surface area (Å²) in [5.41, 5.74) is 8.62. The molecule has 2 rings (SSSR count). The van der Waals surface area contributed by atoms with Crippen molar-refractivity contribution in [2.24, 2.45) is 5.73 Å². The minimum absolute atomic E-state index is 0.0414. The van der Waals surface area contributed by atoms with Crippen LogP contribution in [-0.2, 0) is 13.0 Å². The molecule has 0 aliphatic carbocycles. The number of benzene rings is 1. The second-order valence-electron chi connectivity index (χ2n) is 5.09. The maximum Gasteiger partial charge on any atom is 0.0834 e. The molecule has 1 atom stereocenters. The van der Waals surface area contributed by atoms with E-state index in [1.807, 2.05) is 10.7 Å². The fourth-order valence-corrected chi connectivity index (χ4v) is 2.72. The summed E-state index contributed by atoms with van der Waals surface area (Å²) < 4.78 is 1.94. The number of nitrogens with zero attached hydrogens (tertiary/aromatic N) is 2. The summed E-state index contributed by atoms with van der Waals surface area (Å²) in [6.45, 7) is 2.99. The smallest absolute Gasteiger partial charge is 0.0834 e. The van der Waals surface area contributed by atoms with E-state index in [2.05, 4.69) is 36.3 Å². The molecule has 108 valence electrons. The Bertz CT molecular complexity index is 522. The molecule has 1 aromatic heterocycles. The highest BCUT2D eigenvalue weighted by Gasteiger charge is 2.16. The lowest BCUT2D eigenvalue weighted by Crippen LogP contribution is -2.17. The predicted molar refractivity (Wildman–Crippen MR) is 83.8 cm³/mol. The van der Waals surface area contributed by atoms with E-state index in [0.717, 1.165) is 37.9 Å². The molecule has 2 aromatic rings. The first-order valence-electron chi connectivity index (χ1n) is 7.23. The topological polar surface area (TPSA) is 43.8 Å². The van der Waals surface area contributed by atoms with Crippen LogP contribution in [0.3, 0.4) is 0 Å². The van der Waals surface area contributed by atoms with E-state index in [1.165, 1.54) is 5.56 Å². The number of hydrogen-bond acceptors (Lipinski definition) is 2. The van der Waals surface area contributed by atoms with Crippen molar-refractivity contribution in [1.29, 1.82) is 0 Å². The van der Waals surface area contributed by atoms with Gasteiger partial charge in [-0.2, -0.15) is 5.10 Å². The van der Waals surface area contributed by atoms with Crippen LogP contribution in [0.15, 0.2) is 36.5 Å². The van der Waals surface area contributed by atoms with Crippen LogP contribution in [0.2, 0.25) is 5.02 Å². The van der Waals surface area contributed by atoms with Gasteiger partial charge in [-0.05, 0) is 31.2 Å². The van der Waals surface area contributed by atoms with E-state index >= 15 is 0 Å². The number of aromatic nitrogens is 2. The van der Waals surface area contributed by atoms with Crippen LogP contribution in [0.4, 0.5) is 0 Å². The van der Waals surface area contributed by atoms with Crippen molar-refractivity contribution in [2.75, 3.05) is 0 Å². The van der Waals surface area contributed by atoms with Crippen molar-refractivity contribution in [3.63, 3.8) is 0 Å². The molecule has 1 aromatic carbocycles. The number of rotatable bonds is 7. The largest absolute Gasteiger partial charge is 0.323 e. The van der Waals surface area contributed by atoms with E-state index in [1.54, 1.807) is 6.20 Å². The Morgan fingerprint density at radius 2 is 2.05 bits per heavy atom. The van der Waals surface area contributed by atoms with Crippen LogP contribution in [0, 0.1) is 0 Å². The van der Waals surface area contributed by atoms with Gasteiger partial charge in [0.1, 0.15) is 0 Å². The highest BCUT2D eigenvalue weighted by molar-refractivity contribution is 6.31. The van der Waals surface area contributed by atoms with Crippen LogP contribution in [0.1, 0.15) is 43.5 Å². The molecule has 0 bridgehead atoms. The highest BCUT2D eigenvalue weighted by atomic mass is 35.5. The molecular formula is C16H22ClN3. The fourth-order valence-electron chi connectivity index (χ4n) is 2.44. The zero-order chi connectivity index (χ0) is 14.4. The first kappa shape index (κ1) is 15.1. The maximum absolute atomic E-state index is 6.29. The molecule has 0 aliphatic rings. The number of aryl methyl sites for hydroxylation is 2. The van der Waals surface area contributed by atoms with Gasteiger partial charge in [0, 0.05) is 12.6 Å². The fraction of sp³-hybridized carbons (Fsp3) is 0.438. The van der Waals surface area contributed by atoms with Crippen LogP contribution in [-0.4, -0.2) is 9.78 Å². The van der Waals surface area contributed by atoms with Crippen molar-refractivity contribution < 1.29 is 0 Å². The first-order chi connectivity index (χ1) is 9.72. The normalized spacial score (nSPS) is 12.6. The summed E-state index contributed by atoms with van der Waals surface area (Å²) in [4.78, 5) is 0. The van der Waals surface area contributed by atoms with Gasteiger partial charge in [0.15, 0.2) is 0 Å². The van der Waals surface area contributed by atoms with Gasteiger partial charge in [-0.25, -0.2) is 0 Å². The van der Waals surface area contributed by atoms with E-state index in [0.29, 0.717) is 5.02 Å². The van der Waals surface area contributed by atoms with Gasteiger partial charge in [0.2, 0.25) is 0 Å². The molecule has 20 heavy (non-hydrogen) atoms. The molecule has 0 saturated heterocycles. The molecule has 1 heterocycles. The van der Waals surface area contributed by atoms with Crippen LogP contribution in [0.25, 0.3) is 0 Å². The average molecular weight is 292 g/mol. The van der Waals surface area contributed by atoms with E-state index in [9.17, 15) is 0 Å². The van der Waals surface area contributed by atoms with Gasteiger partial charge >= 0.3 is 0 Å². The Hall–Kier alpha value is -1.32. The molecule has 1 unspecified atom stereocenters. The Kier molecular flexibility index (Phi) is 5.62. The molecule has 0 saturated carbocycles. The third kappa shape index (κ3) is 3.84. The monoisotopic (exact) mass is 291 g/mol. The second-order valence-corrected chi connectivity index (χ2v) is 5.49. The molecule has 3 nitrogen and oxygen atoms in total. The Morgan fingerprint density at radius 1 is 1.30 bits per heavy atom. The highest BCUT2D eigenvalue weighted by Crippen LogP contribution is 2.25. The van der Waals surface area contributed by atoms with Gasteiger partial charge in [-0.15, -0.1) is 0 Å². The third-order valence-electron chi connectivity index (χ3n) is 3.44. The lowest BCUT2D eigenvalue weighted by Gasteiger charge is -2.14. The van der Waals surface area contributed by atoms with Gasteiger partial charge in [0.05, 0.1) is 16.9 Å². The van der Waals surface area contributed by atoms with Crippen LogP contribution in [0.5, 0.6) is 0 Å². The van der Waals surface area contributed by atoms with Gasteiger partial charge in [0.25, 0.3) is 0 Å². The predicted octanol–water partition coefficient (Wildman–Crippen LogP) is 3.97. The van der Waals surface area contributed by atoms with Crippen LogP contribution < -0.4 is 5.73 Å². The molecule has 0 amide bonds. The van der Waals surface area contributed by atoms with Crippen molar-refractivity contribution in [2.45, 2.75) is 45.2 Å². The molecule has 0 spiro atoms. The minimum atomic E-state index is -0.0414. The zero-order valence-electron chi connectivity index (χ0n) is 11.9. The summed E-state index contributed by atoms with van der Waals surface area (Å²) in [7, 11) is 0. The van der Waals surface area contributed by atoms with Gasteiger partial charge in [-0.3, -0.25) is 4.68 Å². The lowest BCUT2D eigenvalue weighted by atomic mass is 10.0. The van der Waals surface area contributed by atoms with Gasteiger partial charge < -0.3 is 5.73 Å². The molecular weight excluding hydrogens is 270 g/mol. The molecule has 2 N–H and O–H groups in total. The number of nitrogens with two attached hydrogens (primary N) is 1. The summed E-state index contributed by atoms with van der Waals surface area (Å²) in [5.74, 6) is 0. The SMILES string of the molecule is CCCn1ncc(Cl)c1C(N)CCCc1ccccc1. The Labute approximate surface area is 125 Å². The summed E-state index contributed by atoms with van der Waals surface area (Å²) in [5, 5.41) is 4.98. The molecule has 0 radical (unpaired) electrons. The minimum Gasteiger partial charge on any atom is -0.323 e. The van der Waals surface area contributed by atoms with Crippen molar-refractivity contribution in [3.05, 3.63) is 52.8 Å². The zero-order valence-corrected chi connectivity index (χ0v) is 12.7. The number of halogens is 1. The summed E-state index contributed by atoms with van der Waals surface area (Å²) in [6.07, 6.45) is 5.75. The van der Waals surface area contributed by atoms with E-state index < -0.39 is 0 Å². The summed E-state index contributed by atoms with van der Waals surface area (Å²) in [6, 6.07) is 10.4. The van der Waals surface area contributed by atoms with E-state index in [-0.39, 0.29) is 6.04 Å². The third-order valence-corrected chi connectivity index (χ3v) is 3.73. The Balaban J connectivity index is 1.91. The lowest BCUT2D eigenvalue weighted by molar-refractivity contribution is 0.513. The molecule has 0 aliphatic heterocycles. The standard InChI is InChI=1S/C16H22ClN3/c1-2-11-20-16(14(17)12-19-20)15(18)10-6-9-13-7-4-3-5-8-13/h3-5,7-8,12,15H,2,6,9-11,18H2,1H3. The van der Waals surface area contributed by atoms with Crippen molar-refractivity contribution in [3.8, 4) is 0 Å². The van der Waals surface area contributed by atoms with Crippen LogP contribution >= 0.6 is 11.6 Å². The average Bonchev–Trinajstić information content (AvgIpc) is 2.81. The van der Waals surface area contributed by atoms with Gasteiger partial charge in [-0.1, -0.05) is 48.9 Å².